The summed E-state index contributed by atoms with van der Waals surface area (Å²) in [5.41, 5.74) is 5.16. The van der Waals surface area contributed by atoms with Gasteiger partial charge in [-0.1, -0.05) is 6.92 Å². The quantitative estimate of drug-likeness (QED) is 0.609. The molecule has 13 heavy (non-hydrogen) atoms. The van der Waals surface area contributed by atoms with Gasteiger partial charge in [-0.05, 0) is 25.9 Å². The third-order valence-electron chi connectivity index (χ3n) is 2.49. The highest BCUT2D eigenvalue weighted by molar-refractivity contribution is 5.76. The number of primary amides is 1. The zero-order valence-corrected chi connectivity index (χ0v) is 8.25. The summed E-state index contributed by atoms with van der Waals surface area (Å²) < 4.78 is 0. The highest BCUT2D eigenvalue weighted by Gasteiger charge is 2.24. The van der Waals surface area contributed by atoms with Crippen LogP contribution >= 0.6 is 0 Å². The van der Waals surface area contributed by atoms with E-state index >= 15 is 0 Å². The van der Waals surface area contributed by atoms with Crippen molar-refractivity contribution in [3.63, 3.8) is 0 Å². The van der Waals surface area contributed by atoms with E-state index in [4.69, 9.17) is 5.73 Å². The standard InChI is InChI=1S/C9H19N3O/c1-2-11-6-8-4-3-5-12(8)7-9(10)13/h8,11H,2-7H2,1H3,(H2,10,13)/t8-/m1/s1. The summed E-state index contributed by atoms with van der Waals surface area (Å²) in [7, 11) is 0. The van der Waals surface area contributed by atoms with E-state index in [1.54, 1.807) is 0 Å². The summed E-state index contributed by atoms with van der Waals surface area (Å²) in [5, 5.41) is 3.30. The maximum absolute atomic E-state index is 10.7. The molecule has 1 fully saturated rings. The number of rotatable bonds is 5. The average molecular weight is 185 g/mol. The maximum atomic E-state index is 10.7. The van der Waals surface area contributed by atoms with Crippen LogP contribution in [0.2, 0.25) is 0 Å². The molecule has 3 N–H and O–H groups in total. The lowest BCUT2D eigenvalue weighted by atomic mass is 10.2. The van der Waals surface area contributed by atoms with Crippen molar-refractivity contribution in [2.75, 3.05) is 26.2 Å². The monoisotopic (exact) mass is 185 g/mol. The predicted octanol–water partition coefficient (Wildman–Crippen LogP) is -0.454. The van der Waals surface area contributed by atoms with E-state index < -0.39 is 0 Å². The van der Waals surface area contributed by atoms with Crippen molar-refractivity contribution in [1.29, 1.82) is 0 Å². The molecule has 1 aliphatic rings. The third-order valence-corrected chi connectivity index (χ3v) is 2.49. The number of nitrogens with one attached hydrogen (secondary N) is 1. The number of amides is 1. The summed E-state index contributed by atoms with van der Waals surface area (Å²) in [6.07, 6.45) is 2.36. The van der Waals surface area contributed by atoms with Crippen LogP contribution in [0.25, 0.3) is 0 Å². The molecule has 0 saturated carbocycles. The average Bonchev–Trinajstić information content (AvgIpc) is 2.48. The molecule has 4 nitrogen and oxygen atoms in total. The first-order chi connectivity index (χ1) is 6.24. The number of carbonyl (C=O) groups is 1. The Morgan fingerprint density at radius 2 is 2.46 bits per heavy atom. The molecule has 0 unspecified atom stereocenters. The Labute approximate surface area is 79.5 Å². The molecule has 1 amide bonds. The number of nitrogens with two attached hydrogens (primary N) is 1. The first-order valence-corrected chi connectivity index (χ1v) is 4.97. The molecule has 0 bridgehead atoms. The second-order valence-corrected chi connectivity index (χ2v) is 3.54. The van der Waals surface area contributed by atoms with Gasteiger partial charge in [-0.25, -0.2) is 0 Å². The Hall–Kier alpha value is -0.610. The van der Waals surface area contributed by atoms with Gasteiger partial charge in [0, 0.05) is 12.6 Å². The van der Waals surface area contributed by atoms with Crippen molar-refractivity contribution in [3.05, 3.63) is 0 Å². The minimum absolute atomic E-state index is 0.219. The Morgan fingerprint density at radius 1 is 1.69 bits per heavy atom. The van der Waals surface area contributed by atoms with Crippen LogP contribution in [-0.4, -0.2) is 43.0 Å². The number of nitrogens with zero attached hydrogens (tertiary/aromatic N) is 1. The molecule has 1 atom stereocenters. The molecule has 76 valence electrons. The van der Waals surface area contributed by atoms with Gasteiger partial charge >= 0.3 is 0 Å². The zero-order valence-electron chi connectivity index (χ0n) is 8.25. The van der Waals surface area contributed by atoms with Gasteiger partial charge in [-0.3, -0.25) is 9.69 Å². The summed E-state index contributed by atoms with van der Waals surface area (Å²) in [5.74, 6) is -0.219. The molecule has 1 rings (SSSR count). The van der Waals surface area contributed by atoms with Gasteiger partial charge in [-0.15, -0.1) is 0 Å². The third kappa shape index (κ3) is 3.32. The van der Waals surface area contributed by atoms with Gasteiger partial charge in [0.2, 0.25) is 5.91 Å². The van der Waals surface area contributed by atoms with Gasteiger partial charge in [0.25, 0.3) is 0 Å². The summed E-state index contributed by atoms with van der Waals surface area (Å²) >= 11 is 0. The van der Waals surface area contributed by atoms with E-state index in [9.17, 15) is 4.79 Å². The maximum Gasteiger partial charge on any atom is 0.231 e. The number of likely N-dealkylation sites (N-methyl/N-ethyl adjacent to an activating group) is 1. The van der Waals surface area contributed by atoms with Crippen LogP contribution in [0.1, 0.15) is 19.8 Å². The fourth-order valence-electron chi connectivity index (χ4n) is 1.85. The van der Waals surface area contributed by atoms with Crippen LogP contribution in [0.5, 0.6) is 0 Å². The highest BCUT2D eigenvalue weighted by Crippen LogP contribution is 2.15. The fraction of sp³-hybridized carbons (Fsp3) is 0.889. The molecule has 1 aliphatic heterocycles. The molecule has 0 aromatic rings. The summed E-state index contributed by atoms with van der Waals surface area (Å²) in [4.78, 5) is 12.9. The van der Waals surface area contributed by atoms with Crippen LogP contribution in [-0.2, 0) is 4.79 Å². The van der Waals surface area contributed by atoms with Gasteiger partial charge in [0.15, 0.2) is 0 Å². The molecule has 0 radical (unpaired) electrons. The van der Waals surface area contributed by atoms with Crippen LogP contribution in [0.3, 0.4) is 0 Å². The largest absolute Gasteiger partial charge is 0.369 e. The molecule has 1 saturated heterocycles. The number of carbonyl (C=O) groups excluding carboxylic acids is 1. The second kappa shape index (κ2) is 5.19. The molecule has 0 aromatic carbocycles. The van der Waals surface area contributed by atoms with Gasteiger partial charge in [0.1, 0.15) is 0 Å². The molecule has 0 spiro atoms. The number of hydrogen-bond acceptors (Lipinski definition) is 3. The van der Waals surface area contributed by atoms with Crippen LogP contribution in [0.15, 0.2) is 0 Å². The van der Waals surface area contributed by atoms with Gasteiger partial charge < -0.3 is 11.1 Å². The minimum atomic E-state index is -0.219. The van der Waals surface area contributed by atoms with E-state index in [2.05, 4.69) is 17.1 Å². The molecule has 1 heterocycles. The first kappa shape index (κ1) is 10.5. The van der Waals surface area contributed by atoms with Crippen molar-refractivity contribution in [2.45, 2.75) is 25.8 Å². The lowest BCUT2D eigenvalue weighted by Gasteiger charge is -2.22. The number of likely N-dealkylation sites (tertiary alicyclic amines) is 1. The van der Waals surface area contributed by atoms with Gasteiger partial charge in [0.05, 0.1) is 6.54 Å². The SMILES string of the molecule is CCNC[C@H]1CCCN1CC(N)=O. The Kier molecular flexibility index (Phi) is 4.18. The minimum Gasteiger partial charge on any atom is -0.369 e. The van der Waals surface area contributed by atoms with E-state index in [-0.39, 0.29) is 5.91 Å². The van der Waals surface area contributed by atoms with Crippen LogP contribution in [0, 0.1) is 0 Å². The zero-order chi connectivity index (χ0) is 9.68. The van der Waals surface area contributed by atoms with Crippen molar-refractivity contribution in [2.24, 2.45) is 5.73 Å². The van der Waals surface area contributed by atoms with E-state index in [0.29, 0.717) is 12.6 Å². The Balaban J connectivity index is 2.30. The van der Waals surface area contributed by atoms with Crippen molar-refractivity contribution in [1.82, 2.24) is 10.2 Å². The topological polar surface area (TPSA) is 58.4 Å². The normalized spacial score (nSPS) is 23.6. The Morgan fingerprint density at radius 3 is 3.08 bits per heavy atom. The first-order valence-electron chi connectivity index (χ1n) is 4.97. The molecular formula is C9H19N3O. The van der Waals surface area contributed by atoms with Crippen molar-refractivity contribution >= 4 is 5.91 Å². The summed E-state index contributed by atoms with van der Waals surface area (Å²) in [6.45, 7) is 5.48. The second-order valence-electron chi connectivity index (χ2n) is 3.54. The van der Waals surface area contributed by atoms with Crippen LogP contribution in [0.4, 0.5) is 0 Å². The Bertz CT molecular complexity index is 172. The predicted molar refractivity (Wildman–Crippen MR) is 52.3 cm³/mol. The molecular weight excluding hydrogens is 166 g/mol. The number of hydrogen-bond donors (Lipinski definition) is 2. The lowest BCUT2D eigenvalue weighted by Crippen LogP contribution is -2.42. The summed E-state index contributed by atoms with van der Waals surface area (Å²) in [6, 6.07) is 0.507. The lowest BCUT2D eigenvalue weighted by molar-refractivity contribution is -0.119. The van der Waals surface area contributed by atoms with Crippen LogP contribution < -0.4 is 11.1 Å². The van der Waals surface area contributed by atoms with E-state index in [1.165, 1.54) is 12.8 Å². The van der Waals surface area contributed by atoms with E-state index in [0.717, 1.165) is 19.6 Å². The molecule has 0 aromatic heterocycles. The van der Waals surface area contributed by atoms with E-state index in [1.807, 2.05) is 0 Å². The molecule has 0 aliphatic carbocycles. The van der Waals surface area contributed by atoms with Crippen molar-refractivity contribution in [3.8, 4) is 0 Å². The molecule has 4 heteroatoms. The van der Waals surface area contributed by atoms with Gasteiger partial charge in [-0.2, -0.15) is 0 Å². The highest BCUT2D eigenvalue weighted by atomic mass is 16.1. The smallest absolute Gasteiger partial charge is 0.231 e. The fourth-order valence-corrected chi connectivity index (χ4v) is 1.85. The van der Waals surface area contributed by atoms with Crippen molar-refractivity contribution < 1.29 is 4.79 Å².